The molecule has 80 valence electrons. The van der Waals surface area contributed by atoms with Crippen LogP contribution < -0.4 is 5.32 Å². The number of carbonyl (C=O) groups excluding carboxylic acids is 1. The van der Waals surface area contributed by atoms with E-state index in [-0.39, 0.29) is 5.91 Å². The van der Waals surface area contributed by atoms with Gasteiger partial charge in [0.25, 0.3) is 0 Å². The molecule has 14 heavy (non-hydrogen) atoms. The van der Waals surface area contributed by atoms with Gasteiger partial charge in [0.2, 0.25) is 5.91 Å². The lowest BCUT2D eigenvalue weighted by atomic mass is 10.3. The zero-order chi connectivity index (χ0) is 10.4. The van der Waals surface area contributed by atoms with Gasteiger partial charge in [-0.25, -0.2) is 0 Å². The lowest BCUT2D eigenvalue weighted by Gasteiger charge is -2.14. The summed E-state index contributed by atoms with van der Waals surface area (Å²) in [6.45, 7) is 7.07. The molecule has 0 aromatic carbocycles. The van der Waals surface area contributed by atoms with Gasteiger partial charge in [0.1, 0.15) is 0 Å². The van der Waals surface area contributed by atoms with E-state index in [1.165, 1.54) is 0 Å². The smallest absolute Gasteiger partial charge is 0.223 e. The molecule has 1 rings (SSSR count). The van der Waals surface area contributed by atoms with Crippen molar-refractivity contribution in [2.75, 3.05) is 26.2 Å². The van der Waals surface area contributed by atoms with E-state index in [2.05, 4.69) is 27.8 Å². The molecule has 1 heterocycles. The summed E-state index contributed by atoms with van der Waals surface area (Å²) in [5, 5.41) is 3.15. The highest BCUT2D eigenvalue weighted by atomic mass is 79.9. The fourth-order valence-corrected chi connectivity index (χ4v) is 1.74. The molecule has 1 N–H and O–H groups in total. The molecule has 0 saturated carbocycles. The van der Waals surface area contributed by atoms with Crippen molar-refractivity contribution in [1.29, 1.82) is 0 Å². The Morgan fingerprint density at radius 2 is 2.07 bits per heavy atom. The maximum Gasteiger partial charge on any atom is 0.223 e. The predicted molar refractivity (Wildman–Crippen MR) is 61.4 cm³/mol. The molecular formula is C10H17BrN2O. The van der Waals surface area contributed by atoms with Crippen LogP contribution in [-0.2, 0) is 4.79 Å². The second-order valence-corrected chi connectivity index (χ2v) is 4.65. The maximum absolute atomic E-state index is 11.5. The van der Waals surface area contributed by atoms with Crippen LogP contribution in [0.3, 0.4) is 0 Å². The van der Waals surface area contributed by atoms with E-state index in [9.17, 15) is 4.79 Å². The molecule has 0 unspecified atom stereocenters. The Labute approximate surface area is 93.7 Å². The number of likely N-dealkylation sites (tertiary alicyclic amines) is 1. The van der Waals surface area contributed by atoms with Crippen LogP contribution in [-0.4, -0.2) is 37.0 Å². The minimum atomic E-state index is 0.273. The second-order valence-electron chi connectivity index (χ2n) is 3.53. The number of nitrogens with one attached hydrogen (secondary N) is 1. The van der Waals surface area contributed by atoms with Crippen molar-refractivity contribution in [1.82, 2.24) is 10.2 Å². The van der Waals surface area contributed by atoms with Gasteiger partial charge in [0.05, 0.1) is 0 Å². The van der Waals surface area contributed by atoms with Crippen LogP contribution in [0.4, 0.5) is 0 Å². The van der Waals surface area contributed by atoms with Crippen LogP contribution in [0.25, 0.3) is 0 Å². The summed E-state index contributed by atoms with van der Waals surface area (Å²) < 4.78 is 0.922. The fourth-order valence-electron chi connectivity index (χ4n) is 1.54. The minimum Gasteiger partial charge on any atom is -0.343 e. The Morgan fingerprint density at radius 3 is 2.64 bits per heavy atom. The minimum absolute atomic E-state index is 0.273. The maximum atomic E-state index is 11.5. The van der Waals surface area contributed by atoms with Gasteiger partial charge in [-0.2, -0.15) is 0 Å². The highest BCUT2D eigenvalue weighted by Gasteiger charge is 2.16. The molecule has 3 nitrogen and oxygen atoms in total. The van der Waals surface area contributed by atoms with Gasteiger partial charge >= 0.3 is 0 Å². The summed E-state index contributed by atoms with van der Waals surface area (Å²) in [5.74, 6) is 0.273. The van der Waals surface area contributed by atoms with Crippen LogP contribution in [0.1, 0.15) is 19.3 Å². The summed E-state index contributed by atoms with van der Waals surface area (Å²) in [4.78, 5) is 13.5. The Bertz CT molecular complexity index is 212. The largest absolute Gasteiger partial charge is 0.343 e. The quantitative estimate of drug-likeness (QED) is 0.760. The normalized spacial score (nSPS) is 15.9. The van der Waals surface area contributed by atoms with Crippen molar-refractivity contribution in [3.63, 3.8) is 0 Å². The molecule has 1 saturated heterocycles. The first-order chi connectivity index (χ1) is 6.70. The second kappa shape index (κ2) is 6.19. The van der Waals surface area contributed by atoms with Crippen LogP contribution in [0.15, 0.2) is 11.1 Å². The molecule has 4 heteroatoms. The van der Waals surface area contributed by atoms with E-state index < -0.39 is 0 Å². The zero-order valence-corrected chi connectivity index (χ0v) is 9.98. The highest BCUT2D eigenvalue weighted by Crippen LogP contribution is 2.08. The average Bonchev–Trinajstić information content (AvgIpc) is 2.64. The number of hydrogen-bond donors (Lipinski definition) is 1. The lowest BCUT2D eigenvalue weighted by molar-refractivity contribution is -0.130. The molecule has 0 aliphatic carbocycles. The number of nitrogens with zero attached hydrogens (tertiary/aromatic N) is 1. The molecule has 0 aromatic rings. The molecule has 0 radical (unpaired) electrons. The number of carbonyl (C=O) groups is 1. The Balaban J connectivity index is 2.05. The van der Waals surface area contributed by atoms with Gasteiger partial charge in [-0.1, -0.05) is 22.5 Å². The van der Waals surface area contributed by atoms with Crippen molar-refractivity contribution in [2.24, 2.45) is 0 Å². The summed E-state index contributed by atoms with van der Waals surface area (Å²) in [6.07, 6.45) is 2.93. The van der Waals surface area contributed by atoms with Gasteiger partial charge in [-0.05, 0) is 12.8 Å². The molecule has 0 atom stereocenters. The lowest BCUT2D eigenvalue weighted by Crippen LogP contribution is -2.30. The Kier molecular flexibility index (Phi) is 5.19. The van der Waals surface area contributed by atoms with Crippen LogP contribution in [0.5, 0.6) is 0 Å². The third kappa shape index (κ3) is 4.24. The van der Waals surface area contributed by atoms with E-state index in [1.54, 1.807) is 0 Å². The summed E-state index contributed by atoms with van der Waals surface area (Å²) >= 11 is 3.26. The van der Waals surface area contributed by atoms with Crippen LogP contribution in [0, 0.1) is 0 Å². The first-order valence-electron chi connectivity index (χ1n) is 5.02. The molecule has 1 fully saturated rings. The first-order valence-corrected chi connectivity index (χ1v) is 5.81. The Hall–Kier alpha value is -0.350. The fraction of sp³-hybridized carbons (Fsp3) is 0.700. The Morgan fingerprint density at radius 1 is 1.43 bits per heavy atom. The molecule has 0 aromatic heterocycles. The first kappa shape index (κ1) is 11.7. The van der Waals surface area contributed by atoms with Crippen LogP contribution in [0.2, 0.25) is 0 Å². The van der Waals surface area contributed by atoms with Gasteiger partial charge in [-0.3, -0.25) is 4.79 Å². The van der Waals surface area contributed by atoms with Gasteiger partial charge < -0.3 is 10.2 Å². The standard InChI is InChI=1S/C10H17BrN2O/c1-9(11)8-12-5-4-10(14)13-6-2-3-7-13/h12H,1-8H2. The van der Waals surface area contributed by atoms with Crippen molar-refractivity contribution >= 4 is 21.8 Å². The van der Waals surface area contributed by atoms with E-state index in [0.717, 1.165) is 43.5 Å². The molecule has 1 aliphatic rings. The zero-order valence-electron chi connectivity index (χ0n) is 8.39. The van der Waals surface area contributed by atoms with Gasteiger partial charge in [0, 0.05) is 37.1 Å². The summed E-state index contributed by atoms with van der Waals surface area (Å²) in [7, 11) is 0. The van der Waals surface area contributed by atoms with E-state index >= 15 is 0 Å². The van der Waals surface area contributed by atoms with Crippen molar-refractivity contribution < 1.29 is 4.79 Å². The summed E-state index contributed by atoms with van der Waals surface area (Å²) in [6, 6.07) is 0. The van der Waals surface area contributed by atoms with Crippen molar-refractivity contribution in [3.8, 4) is 0 Å². The number of halogens is 1. The predicted octanol–water partition coefficient (Wildman–Crippen LogP) is 1.50. The van der Waals surface area contributed by atoms with Crippen LogP contribution >= 0.6 is 15.9 Å². The topological polar surface area (TPSA) is 32.3 Å². The van der Waals surface area contributed by atoms with E-state index in [1.807, 2.05) is 4.90 Å². The summed E-state index contributed by atoms with van der Waals surface area (Å²) in [5.41, 5.74) is 0. The molecule has 1 aliphatic heterocycles. The monoisotopic (exact) mass is 260 g/mol. The molecular weight excluding hydrogens is 244 g/mol. The van der Waals surface area contributed by atoms with E-state index in [4.69, 9.17) is 0 Å². The number of rotatable bonds is 5. The van der Waals surface area contributed by atoms with Gasteiger partial charge in [0.15, 0.2) is 0 Å². The SMILES string of the molecule is C=C(Br)CNCCC(=O)N1CCCC1. The van der Waals surface area contributed by atoms with Crippen molar-refractivity contribution in [3.05, 3.63) is 11.1 Å². The highest BCUT2D eigenvalue weighted by molar-refractivity contribution is 9.11. The number of amides is 1. The van der Waals surface area contributed by atoms with Crippen molar-refractivity contribution in [2.45, 2.75) is 19.3 Å². The van der Waals surface area contributed by atoms with E-state index in [0.29, 0.717) is 6.42 Å². The number of hydrogen-bond acceptors (Lipinski definition) is 2. The third-order valence-electron chi connectivity index (χ3n) is 2.29. The molecule has 0 bridgehead atoms. The average molecular weight is 261 g/mol. The molecule has 1 amide bonds. The van der Waals surface area contributed by atoms with Gasteiger partial charge in [-0.15, -0.1) is 0 Å². The molecule has 0 spiro atoms. The third-order valence-corrected chi connectivity index (χ3v) is 2.57.